The van der Waals surface area contributed by atoms with Crippen molar-refractivity contribution >= 4 is 28.8 Å². The van der Waals surface area contributed by atoms with Gasteiger partial charge in [-0.1, -0.05) is 12.1 Å². The number of carbonyl (C=O) groups is 2. The number of amides is 2. The van der Waals surface area contributed by atoms with Gasteiger partial charge in [0, 0.05) is 25.7 Å². The van der Waals surface area contributed by atoms with Gasteiger partial charge in [0.15, 0.2) is 6.61 Å². The lowest BCUT2D eigenvalue weighted by atomic mass is 10.2. The van der Waals surface area contributed by atoms with E-state index in [-0.39, 0.29) is 18.4 Å². The molecular formula is C17H17N5O3S. The molecule has 8 nitrogen and oxygen atoms in total. The fraction of sp³-hybridized carbons (Fsp3) is 0.176. The molecular weight excluding hydrogens is 354 g/mol. The molecule has 0 unspecified atom stereocenters. The third kappa shape index (κ3) is 4.06. The van der Waals surface area contributed by atoms with Crippen molar-refractivity contribution in [2.24, 2.45) is 0 Å². The molecule has 2 amide bonds. The summed E-state index contributed by atoms with van der Waals surface area (Å²) < 4.78 is 7.08. The first-order valence-corrected chi connectivity index (χ1v) is 8.60. The normalized spacial score (nSPS) is 10.4. The van der Waals surface area contributed by atoms with E-state index in [0.29, 0.717) is 22.1 Å². The van der Waals surface area contributed by atoms with Gasteiger partial charge in [-0.25, -0.2) is 9.67 Å². The number of benzene rings is 1. The van der Waals surface area contributed by atoms with Crippen molar-refractivity contribution in [3.05, 3.63) is 53.8 Å². The van der Waals surface area contributed by atoms with Crippen molar-refractivity contribution in [2.45, 2.75) is 0 Å². The molecule has 0 saturated heterocycles. The number of nitrogens with one attached hydrogen (secondary N) is 1. The zero-order chi connectivity index (χ0) is 18.5. The number of thiazole rings is 1. The summed E-state index contributed by atoms with van der Waals surface area (Å²) in [6, 6.07) is 6.76. The molecule has 0 saturated carbocycles. The summed E-state index contributed by atoms with van der Waals surface area (Å²) in [5, 5.41) is 9.50. The van der Waals surface area contributed by atoms with Crippen molar-refractivity contribution in [3.8, 4) is 10.9 Å². The largest absolute Gasteiger partial charge is 0.483 e. The molecule has 0 bridgehead atoms. The average Bonchev–Trinajstić information content (AvgIpc) is 3.31. The Kier molecular flexibility index (Phi) is 5.28. The van der Waals surface area contributed by atoms with E-state index in [1.165, 1.54) is 16.2 Å². The lowest BCUT2D eigenvalue weighted by Gasteiger charge is -2.13. The highest BCUT2D eigenvalue weighted by Gasteiger charge is 2.15. The monoisotopic (exact) mass is 371 g/mol. The molecule has 26 heavy (non-hydrogen) atoms. The van der Waals surface area contributed by atoms with E-state index in [0.717, 1.165) is 0 Å². The van der Waals surface area contributed by atoms with Gasteiger partial charge in [-0.05, 0) is 12.1 Å². The summed E-state index contributed by atoms with van der Waals surface area (Å²) in [6.45, 7) is -0.140. The SMILES string of the molecule is CN(C)C(=O)COc1ccccc1C(=O)Nc1cnn(-c2nccs2)c1. The molecule has 2 heterocycles. The molecule has 1 N–H and O–H groups in total. The van der Waals surface area contributed by atoms with E-state index in [1.54, 1.807) is 61.6 Å². The molecule has 0 spiro atoms. The first-order valence-electron chi connectivity index (χ1n) is 7.72. The standard InChI is InChI=1S/C17H17N5O3S/c1-21(2)15(23)11-25-14-6-4-3-5-13(14)16(24)20-12-9-19-22(10-12)17-18-7-8-26-17/h3-10H,11H2,1-2H3,(H,20,24). The molecule has 0 fully saturated rings. The van der Waals surface area contributed by atoms with Gasteiger partial charge in [0.2, 0.25) is 5.13 Å². The zero-order valence-electron chi connectivity index (χ0n) is 14.2. The van der Waals surface area contributed by atoms with E-state index in [4.69, 9.17) is 4.74 Å². The number of rotatable bonds is 6. The predicted octanol–water partition coefficient (Wildman–Crippen LogP) is 2.05. The Balaban J connectivity index is 1.71. The summed E-state index contributed by atoms with van der Waals surface area (Å²) in [7, 11) is 3.29. The minimum Gasteiger partial charge on any atom is -0.483 e. The summed E-state index contributed by atoms with van der Waals surface area (Å²) >= 11 is 1.44. The summed E-state index contributed by atoms with van der Waals surface area (Å²) in [5.74, 6) is -0.200. The molecule has 3 aromatic rings. The Hall–Kier alpha value is -3.20. The van der Waals surface area contributed by atoms with Gasteiger partial charge >= 0.3 is 0 Å². The second-order valence-electron chi connectivity index (χ2n) is 5.52. The van der Waals surface area contributed by atoms with Gasteiger partial charge in [0.25, 0.3) is 11.8 Å². The van der Waals surface area contributed by atoms with E-state index in [2.05, 4.69) is 15.4 Å². The number of para-hydroxylation sites is 1. The minimum absolute atomic E-state index is 0.140. The lowest BCUT2D eigenvalue weighted by molar-refractivity contribution is -0.130. The molecule has 0 aliphatic carbocycles. The van der Waals surface area contributed by atoms with Gasteiger partial charge < -0.3 is 15.0 Å². The van der Waals surface area contributed by atoms with Crippen LogP contribution in [-0.4, -0.2) is 52.2 Å². The fourth-order valence-corrected chi connectivity index (χ4v) is 2.64. The number of carbonyl (C=O) groups excluding carboxylic acids is 2. The van der Waals surface area contributed by atoms with Crippen LogP contribution in [0.3, 0.4) is 0 Å². The first-order chi connectivity index (χ1) is 12.5. The third-order valence-electron chi connectivity index (χ3n) is 3.44. The second-order valence-corrected chi connectivity index (χ2v) is 6.39. The van der Waals surface area contributed by atoms with Crippen molar-refractivity contribution in [1.29, 1.82) is 0 Å². The maximum absolute atomic E-state index is 12.6. The Morgan fingerprint density at radius 3 is 2.85 bits per heavy atom. The molecule has 2 aromatic heterocycles. The van der Waals surface area contributed by atoms with E-state index >= 15 is 0 Å². The Morgan fingerprint density at radius 1 is 1.31 bits per heavy atom. The van der Waals surface area contributed by atoms with Gasteiger partial charge in [-0.15, -0.1) is 11.3 Å². The van der Waals surface area contributed by atoms with Gasteiger partial charge in [-0.3, -0.25) is 9.59 Å². The van der Waals surface area contributed by atoms with Crippen LogP contribution < -0.4 is 10.1 Å². The highest BCUT2D eigenvalue weighted by molar-refractivity contribution is 7.12. The fourth-order valence-electron chi connectivity index (χ4n) is 2.07. The lowest BCUT2D eigenvalue weighted by Crippen LogP contribution is -2.28. The Morgan fingerprint density at radius 2 is 2.12 bits per heavy atom. The number of nitrogens with zero attached hydrogens (tertiary/aromatic N) is 4. The van der Waals surface area contributed by atoms with Crippen LogP contribution in [0.4, 0.5) is 5.69 Å². The van der Waals surface area contributed by atoms with Crippen LogP contribution in [0.25, 0.3) is 5.13 Å². The van der Waals surface area contributed by atoms with E-state index < -0.39 is 0 Å². The van der Waals surface area contributed by atoms with Crippen LogP contribution in [0.1, 0.15) is 10.4 Å². The van der Waals surface area contributed by atoms with E-state index in [1.807, 2.05) is 5.38 Å². The van der Waals surface area contributed by atoms with Crippen LogP contribution in [0.2, 0.25) is 0 Å². The van der Waals surface area contributed by atoms with Crippen molar-refractivity contribution in [3.63, 3.8) is 0 Å². The first kappa shape index (κ1) is 17.6. The highest BCUT2D eigenvalue weighted by atomic mass is 32.1. The summed E-state index contributed by atoms with van der Waals surface area (Å²) in [5.41, 5.74) is 0.866. The smallest absolute Gasteiger partial charge is 0.259 e. The zero-order valence-corrected chi connectivity index (χ0v) is 15.1. The number of hydrogen-bond donors (Lipinski definition) is 1. The number of ether oxygens (including phenoxy) is 1. The van der Waals surface area contributed by atoms with Gasteiger partial charge in [-0.2, -0.15) is 5.10 Å². The van der Waals surface area contributed by atoms with Gasteiger partial charge in [0.1, 0.15) is 5.75 Å². The quantitative estimate of drug-likeness (QED) is 0.716. The van der Waals surface area contributed by atoms with Gasteiger partial charge in [0.05, 0.1) is 23.6 Å². The Bertz CT molecular complexity index is 905. The maximum Gasteiger partial charge on any atom is 0.259 e. The number of hydrogen-bond acceptors (Lipinski definition) is 6. The molecule has 0 aliphatic heterocycles. The van der Waals surface area contributed by atoms with Crippen LogP contribution in [0.5, 0.6) is 5.75 Å². The van der Waals surface area contributed by atoms with E-state index in [9.17, 15) is 9.59 Å². The summed E-state index contributed by atoms with van der Waals surface area (Å²) in [4.78, 5) is 29.8. The molecule has 0 aliphatic rings. The van der Waals surface area contributed by atoms with Crippen molar-refractivity contribution in [2.75, 3.05) is 26.0 Å². The molecule has 3 rings (SSSR count). The molecule has 0 atom stereocenters. The summed E-state index contributed by atoms with van der Waals surface area (Å²) in [6.07, 6.45) is 4.90. The second kappa shape index (κ2) is 7.79. The van der Waals surface area contributed by atoms with Crippen molar-refractivity contribution < 1.29 is 14.3 Å². The Labute approximate surface area is 154 Å². The number of anilines is 1. The molecule has 1 aromatic carbocycles. The highest BCUT2D eigenvalue weighted by Crippen LogP contribution is 2.20. The number of aromatic nitrogens is 3. The van der Waals surface area contributed by atoms with Crippen LogP contribution in [-0.2, 0) is 4.79 Å². The van der Waals surface area contributed by atoms with Crippen LogP contribution >= 0.6 is 11.3 Å². The van der Waals surface area contributed by atoms with Crippen LogP contribution in [0, 0.1) is 0 Å². The molecule has 0 radical (unpaired) electrons. The predicted molar refractivity (Wildman–Crippen MR) is 97.8 cm³/mol. The average molecular weight is 371 g/mol. The molecule has 9 heteroatoms. The topological polar surface area (TPSA) is 89.4 Å². The minimum atomic E-state index is -0.350. The maximum atomic E-state index is 12.6. The number of likely N-dealkylation sites (N-methyl/N-ethyl adjacent to an activating group) is 1. The van der Waals surface area contributed by atoms with Crippen LogP contribution in [0.15, 0.2) is 48.2 Å². The molecule has 134 valence electrons. The van der Waals surface area contributed by atoms with Crippen molar-refractivity contribution in [1.82, 2.24) is 19.7 Å². The third-order valence-corrected chi connectivity index (χ3v) is 4.20.